The number of carbonyl (C=O) groups excluding carboxylic acids is 2. The highest BCUT2D eigenvalue weighted by Gasteiger charge is 2.38. The molecule has 36 heavy (non-hydrogen) atoms. The van der Waals surface area contributed by atoms with Crippen molar-refractivity contribution in [2.45, 2.75) is 26.8 Å². The summed E-state index contributed by atoms with van der Waals surface area (Å²) >= 11 is 5.07. The average Bonchev–Trinajstić information content (AvgIpc) is 3.31. The molecule has 1 amide bonds. The number of fused-ring (bicyclic) bond motifs is 1. The van der Waals surface area contributed by atoms with Crippen molar-refractivity contribution in [3.63, 3.8) is 0 Å². The predicted octanol–water partition coefficient (Wildman–Crippen LogP) is 5.63. The molecule has 0 bridgehead atoms. The van der Waals surface area contributed by atoms with Crippen LogP contribution in [0.1, 0.15) is 32.4 Å². The molecule has 0 fully saturated rings. The number of anilines is 1. The molecule has 188 valence electrons. The van der Waals surface area contributed by atoms with Gasteiger partial charge in [-0.25, -0.2) is 9.79 Å². The Labute approximate surface area is 222 Å². The summed E-state index contributed by atoms with van der Waals surface area (Å²) in [5.41, 5.74) is 2.53. The van der Waals surface area contributed by atoms with Gasteiger partial charge in [0.1, 0.15) is 0 Å². The van der Waals surface area contributed by atoms with E-state index in [2.05, 4.69) is 26.2 Å². The lowest BCUT2D eigenvalue weighted by Crippen LogP contribution is -2.34. The minimum absolute atomic E-state index is 0.203. The second-order valence-electron chi connectivity index (χ2n) is 7.79. The Hall–Kier alpha value is -3.24. The van der Waals surface area contributed by atoms with E-state index in [0.29, 0.717) is 39.5 Å². The van der Waals surface area contributed by atoms with Gasteiger partial charge in [0.05, 0.1) is 35.0 Å². The summed E-state index contributed by atoms with van der Waals surface area (Å²) in [4.78, 5) is 31.9. The molecule has 4 rings (SSSR count). The molecular weight excluding hydrogens is 546 g/mol. The van der Waals surface area contributed by atoms with E-state index in [1.54, 1.807) is 19.1 Å². The summed E-state index contributed by atoms with van der Waals surface area (Å²) in [7, 11) is 0. The van der Waals surface area contributed by atoms with Crippen molar-refractivity contribution < 1.29 is 23.8 Å². The molecule has 10 heteroatoms. The van der Waals surface area contributed by atoms with Crippen molar-refractivity contribution in [1.82, 2.24) is 4.90 Å². The Morgan fingerprint density at radius 1 is 1.14 bits per heavy atom. The molecule has 0 aromatic heterocycles. The number of nitrogens with zero attached hydrogens (tertiary/aromatic N) is 2. The van der Waals surface area contributed by atoms with Gasteiger partial charge < -0.3 is 24.4 Å². The van der Waals surface area contributed by atoms with E-state index < -0.39 is 12.0 Å². The van der Waals surface area contributed by atoms with Gasteiger partial charge in [0.25, 0.3) is 5.91 Å². The number of benzene rings is 2. The number of thioether (sulfide) groups is 1. The molecule has 2 aromatic rings. The summed E-state index contributed by atoms with van der Waals surface area (Å²) in [5.74, 6) is 0.142. The Kier molecular flexibility index (Phi) is 8.37. The van der Waals surface area contributed by atoms with E-state index in [-0.39, 0.29) is 19.1 Å². The minimum atomic E-state index is -0.464. The molecule has 8 nitrogen and oxygen atoms in total. The predicted molar refractivity (Wildman–Crippen MR) is 144 cm³/mol. The van der Waals surface area contributed by atoms with Crippen LogP contribution in [-0.4, -0.2) is 41.8 Å². The Morgan fingerprint density at radius 2 is 1.92 bits per heavy atom. The van der Waals surface area contributed by atoms with Crippen LogP contribution in [0.15, 0.2) is 74.8 Å². The van der Waals surface area contributed by atoms with Gasteiger partial charge in [-0.05, 0) is 71.9 Å². The number of hydrogen-bond donors (Lipinski definition) is 1. The fraction of sp³-hybridized carbons (Fsp3) is 0.269. The molecule has 0 radical (unpaired) electrons. The van der Waals surface area contributed by atoms with Gasteiger partial charge in [0.2, 0.25) is 0 Å². The zero-order chi connectivity index (χ0) is 25.7. The maximum atomic E-state index is 13.0. The molecule has 2 heterocycles. The van der Waals surface area contributed by atoms with Crippen LogP contribution < -0.4 is 14.8 Å². The Morgan fingerprint density at radius 3 is 2.64 bits per heavy atom. The summed E-state index contributed by atoms with van der Waals surface area (Å²) in [5, 5.41) is 5.50. The number of nitrogens with one attached hydrogen (secondary N) is 1. The minimum Gasteiger partial charge on any atom is -0.490 e. The molecule has 2 aliphatic rings. The van der Waals surface area contributed by atoms with E-state index in [0.717, 1.165) is 10.7 Å². The first-order chi connectivity index (χ1) is 17.4. The molecule has 1 N–H and O–H groups in total. The SMILES string of the molecule is CCOC(=O)C1=C(C)N=C2SC=CN2[C@H]1c1cc(Br)c(OCC(=O)Nc2ccccc2)c(OCC)c1. The second kappa shape index (κ2) is 11.7. The lowest BCUT2D eigenvalue weighted by Gasteiger charge is -2.33. The molecular formula is C26H26BrN3O5S. The quantitative estimate of drug-likeness (QED) is 0.390. The van der Waals surface area contributed by atoms with Crippen LogP contribution in [0.25, 0.3) is 0 Å². The average molecular weight is 572 g/mol. The number of amidine groups is 1. The number of amides is 1. The highest BCUT2D eigenvalue weighted by molar-refractivity contribution is 9.10. The van der Waals surface area contributed by atoms with Crippen LogP contribution in [0.4, 0.5) is 5.69 Å². The van der Waals surface area contributed by atoms with Crippen LogP contribution in [0.3, 0.4) is 0 Å². The van der Waals surface area contributed by atoms with Crippen LogP contribution >= 0.6 is 27.7 Å². The number of ether oxygens (including phenoxy) is 3. The maximum Gasteiger partial charge on any atom is 0.338 e. The van der Waals surface area contributed by atoms with Crippen molar-refractivity contribution in [3.05, 3.63) is 75.4 Å². The topological polar surface area (TPSA) is 89.5 Å². The molecule has 2 aliphatic heterocycles. The third-order valence-corrected chi connectivity index (χ3v) is 6.73. The number of allylic oxidation sites excluding steroid dienone is 1. The van der Waals surface area contributed by atoms with Crippen LogP contribution in [0, 0.1) is 0 Å². The van der Waals surface area contributed by atoms with Gasteiger partial charge >= 0.3 is 5.97 Å². The van der Waals surface area contributed by atoms with E-state index >= 15 is 0 Å². The first-order valence-corrected chi connectivity index (χ1v) is 13.1. The van der Waals surface area contributed by atoms with Crippen molar-refractivity contribution in [2.24, 2.45) is 4.99 Å². The molecule has 0 saturated heterocycles. The van der Waals surface area contributed by atoms with Crippen LogP contribution in [0.5, 0.6) is 11.5 Å². The monoisotopic (exact) mass is 571 g/mol. The summed E-state index contributed by atoms with van der Waals surface area (Å²) in [6.45, 7) is 5.89. The standard InChI is InChI=1S/C26H26BrN3O5S/c1-4-33-20-14-17(13-19(27)24(20)35-15-21(31)29-18-9-7-6-8-10-18)23-22(25(32)34-5-2)16(3)28-26-30(23)11-12-36-26/h6-14,23H,4-5,15H2,1-3H3,(H,29,31)/t23-/m0/s1. The first kappa shape index (κ1) is 25.8. The van der Waals surface area contributed by atoms with E-state index in [4.69, 9.17) is 14.2 Å². The van der Waals surface area contributed by atoms with E-state index in [9.17, 15) is 9.59 Å². The Bertz CT molecular complexity index is 1250. The van der Waals surface area contributed by atoms with Crippen molar-refractivity contribution in [1.29, 1.82) is 0 Å². The fourth-order valence-corrected chi connectivity index (χ4v) is 5.27. The molecule has 0 saturated carbocycles. The second-order valence-corrected chi connectivity index (χ2v) is 9.52. The third kappa shape index (κ3) is 5.60. The number of esters is 1. The molecule has 1 atom stereocenters. The van der Waals surface area contributed by atoms with Gasteiger partial charge in [-0.2, -0.15) is 0 Å². The Balaban J connectivity index is 1.64. The summed E-state index contributed by atoms with van der Waals surface area (Å²) in [6, 6.07) is 12.4. The number of rotatable bonds is 9. The van der Waals surface area contributed by atoms with Gasteiger partial charge in [0.15, 0.2) is 23.3 Å². The number of halogens is 1. The lowest BCUT2D eigenvalue weighted by molar-refractivity contribution is -0.139. The molecule has 2 aromatic carbocycles. The largest absolute Gasteiger partial charge is 0.490 e. The summed E-state index contributed by atoms with van der Waals surface area (Å²) in [6.07, 6.45) is 1.90. The highest BCUT2D eigenvalue weighted by Crippen LogP contribution is 2.45. The molecule has 0 unspecified atom stereocenters. The third-order valence-electron chi connectivity index (χ3n) is 5.37. The van der Waals surface area contributed by atoms with Gasteiger partial charge in [-0.1, -0.05) is 30.0 Å². The first-order valence-electron chi connectivity index (χ1n) is 11.4. The smallest absolute Gasteiger partial charge is 0.338 e. The van der Waals surface area contributed by atoms with Crippen molar-refractivity contribution >= 4 is 50.4 Å². The number of carbonyl (C=O) groups is 2. The van der Waals surface area contributed by atoms with Crippen LogP contribution in [0.2, 0.25) is 0 Å². The van der Waals surface area contributed by atoms with Gasteiger partial charge in [-0.3, -0.25) is 4.79 Å². The van der Waals surface area contributed by atoms with Gasteiger partial charge in [0, 0.05) is 11.9 Å². The van der Waals surface area contributed by atoms with Crippen molar-refractivity contribution in [2.75, 3.05) is 25.1 Å². The van der Waals surface area contributed by atoms with Crippen LogP contribution in [-0.2, 0) is 14.3 Å². The lowest BCUT2D eigenvalue weighted by atomic mass is 9.94. The number of aliphatic imine (C=N–C) groups is 1. The maximum absolute atomic E-state index is 13.0. The van der Waals surface area contributed by atoms with E-state index in [1.807, 2.05) is 60.7 Å². The fourth-order valence-electron chi connectivity index (χ4n) is 3.90. The zero-order valence-corrected chi connectivity index (χ0v) is 22.5. The number of hydrogen-bond acceptors (Lipinski definition) is 8. The van der Waals surface area contributed by atoms with Crippen molar-refractivity contribution in [3.8, 4) is 11.5 Å². The zero-order valence-electron chi connectivity index (χ0n) is 20.1. The summed E-state index contributed by atoms with van der Waals surface area (Å²) < 4.78 is 17.7. The number of para-hydroxylation sites is 1. The highest BCUT2D eigenvalue weighted by atomic mass is 79.9. The normalized spacial score (nSPS) is 16.4. The van der Waals surface area contributed by atoms with Gasteiger partial charge in [-0.15, -0.1) is 0 Å². The van der Waals surface area contributed by atoms with E-state index in [1.165, 1.54) is 11.8 Å². The molecule has 0 aliphatic carbocycles. The molecule has 0 spiro atoms.